The van der Waals surface area contributed by atoms with Crippen molar-refractivity contribution in [1.82, 2.24) is 20.0 Å². The molecule has 3 rings (SSSR count). The van der Waals surface area contributed by atoms with E-state index in [-0.39, 0.29) is 0 Å². The summed E-state index contributed by atoms with van der Waals surface area (Å²) in [6, 6.07) is 12.5. The van der Waals surface area contributed by atoms with E-state index in [1.807, 2.05) is 30.3 Å². The number of carbonyl (C=O) groups excluding carboxylic acids is 1. The third-order valence-electron chi connectivity index (χ3n) is 3.91. The van der Waals surface area contributed by atoms with Crippen LogP contribution >= 0.6 is 0 Å². The van der Waals surface area contributed by atoms with Crippen LogP contribution in [0.4, 0.5) is 16.3 Å². The second-order valence-electron chi connectivity index (χ2n) is 6.30. The van der Waals surface area contributed by atoms with Crippen molar-refractivity contribution < 1.29 is 17.9 Å². The summed E-state index contributed by atoms with van der Waals surface area (Å²) in [6.45, 7) is 1.77. The van der Waals surface area contributed by atoms with E-state index >= 15 is 0 Å². The average molecular weight is 416 g/mol. The first kappa shape index (κ1) is 20.3. The minimum atomic E-state index is -3.40. The number of carbonyl (C=O) groups is 1. The third kappa shape index (κ3) is 5.29. The van der Waals surface area contributed by atoms with Gasteiger partial charge in [-0.15, -0.1) is 5.10 Å². The van der Waals surface area contributed by atoms with Crippen LogP contribution in [-0.2, 0) is 21.8 Å². The number of hydrogen-bond donors (Lipinski definition) is 2. The highest BCUT2D eigenvalue weighted by Gasteiger charge is 2.19. The lowest BCUT2D eigenvalue weighted by molar-refractivity contribution is 0.121. The maximum atomic E-state index is 12.3. The molecule has 0 spiro atoms. The fourth-order valence-electron chi connectivity index (χ4n) is 2.56. The Kier molecular flexibility index (Phi) is 5.78. The number of nitrogens with zero attached hydrogens (tertiary/aromatic N) is 4. The normalized spacial score (nSPS) is 12.2. The van der Waals surface area contributed by atoms with E-state index in [4.69, 9.17) is 4.74 Å². The van der Waals surface area contributed by atoms with Gasteiger partial charge in [0.1, 0.15) is 6.10 Å². The van der Waals surface area contributed by atoms with Crippen molar-refractivity contribution >= 4 is 27.6 Å². The molecule has 2 N–H and O–H groups in total. The van der Waals surface area contributed by atoms with Crippen molar-refractivity contribution in [3.63, 3.8) is 0 Å². The largest absolute Gasteiger partial charge is 0.441 e. The number of amides is 1. The standard InChI is InChI=1S/C18H20N6O4S/c1-12(13-7-5-4-6-8-13)28-18(25)20-17-16(21-23-24(17)2)15-10-9-14(11-19-15)22-29(3,26)27/h4-12,22H,1-3H3,(H,20,25)/t12-/m1/s1. The number of benzene rings is 1. The Bertz CT molecular complexity index is 1100. The molecule has 1 atom stereocenters. The SMILES string of the molecule is C[C@@H](OC(=O)Nc1c(-c2ccc(NS(C)(=O)=O)cn2)nnn1C)c1ccccc1. The molecule has 0 aliphatic carbocycles. The molecule has 152 valence electrons. The summed E-state index contributed by atoms with van der Waals surface area (Å²) in [5, 5.41) is 10.6. The second-order valence-corrected chi connectivity index (χ2v) is 8.05. The van der Waals surface area contributed by atoms with Crippen LogP contribution < -0.4 is 10.0 Å². The number of sulfonamides is 1. The van der Waals surface area contributed by atoms with Crippen LogP contribution in [0.15, 0.2) is 48.7 Å². The van der Waals surface area contributed by atoms with E-state index < -0.39 is 22.2 Å². The van der Waals surface area contributed by atoms with Gasteiger partial charge in [0.05, 0.1) is 23.8 Å². The predicted molar refractivity (Wildman–Crippen MR) is 108 cm³/mol. The molecule has 0 bridgehead atoms. The summed E-state index contributed by atoms with van der Waals surface area (Å²) >= 11 is 0. The van der Waals surface area contributed by atoms with Gasteiger partial charge < -0.3 is 4.74 Å². The molecule has 1 amide bonds. The number of pyridine rings is 1. The fourth-order valence-corrected chi connectivity index (χ4v) is 3.11. The molecule has 2 heterocycles. The van der Waals surface area contributed by atoms with Crippen molar-refractivity contribution in [3.8, 4) is 11.4 Å². The van der Waals surface area contributed by atoms with Crippen molar-refractivity contribution in [1.29, 1.82) is 0 Å². The molecule has 0 saturated heterocycles. The van der Waals surface area contributed by atoms with Crippen LogP contribution in [0.25, 0.3) is 11.4 Å². The Morgan fingerprint density at radius 2 is 1.90 bits per heavy atom. The summed E-state index contributed by atoms with van der Waals surface area (Å²) in [5.41, 5.74) is 1.90. The molecule has 2 aromatic heterocycles. The Labute approximate surface area is 168 Å². The lowest BCUT2D eigenvalue weighted by atomic mass is 10.1. The van der Waals surface area contributed by atoms with Crippen LogP contribution in [-0.4, -0.2) is 40.7 Å². The van der Waals surface area contributed by atoms with E-state index in [0.29, 0.717) is 22.9 Å². The van der Waals surface area contributed by atoms with Gasteiger partial charge in [0.15, 0.2) is 11.5 Å². The minimum absolute atomic E-state index is 0.298. The Hall–Kier alpha value is -3.47. The summed E-state index contributed by atoms with van der Waals surface area (Å²) in [7, 11) is -1.79. The molecule has 11 heteroatoms. The van der Waals surface area contributed by atoms with Gasteiger partial charge in [-0.3, -0.25) is 15.0 Å². The topological polar surface area (TPSA) is 128 Å². The van der Waals surface area contributed by atoms with E-state index in [1.165, 1.54) is 16.9 Å². The monoisotopic (exact) mass is 416 g/mol. The van der Waals surface area contributed by atoms with Crippen LogP contribution in [0.1, 0.15) is 18.6 Å². The van der Waals surface area contributed by atoms with Crippen LogP contribution in [0, 0.1) is 0 Å². The zero-order valence-corrected chi connectivity index (χ0v) is 16.8. The number of aryl methyl sites for hydroxylation is 1. The molecule has 3 aromatic rings. The predicted octanol–water partition coefficient (Wildman–Crippen LogP) is 2.56. The van der Waals surface area contributed by atoms with Crippen LogP contribution in [0.3, 0.4) is 0 Å². The van der Waals surface area contributed by atoms with Gasteiger partial charge in [0.2, 0.25) is 10.0 Å². The Morgan fingerprint density at radius 1 is 1.17 bits per heavy atom. The van der Waals surface area contributed by atoms with Gasteiger partial charge in [-0.25, -0.2) is 17.9 Å². The molecule has 0 unspecified atom stereocenters. The fraction of sp³-hybridized carbons (Fsp3) is 0.222. The first-order valence-corrected chi connectivity index (χ1v) is 10.5. The molecule has 10 nitrogen and oxygen atoms in total. The third-order valence-corrected chi connectivity index (χ3v) is 4.52. The zero-order valence-electron chi connectivity index (χ0n) is 16.0. The molecule has 0 aliphatic rings. The van der Waals surface area contributed by atoms with E-state index in [1.54, 1.807) is 20.0 Å². The minimum Gasteiger partial charge on any atom is -0.441 e. The molecular weight excluding hydrogens is 396 g/mol. The van der Waals surface area contributed by atoms with Gasteiger partial charge in [0.25, 0.3) is 0 Å². The molecule has 0 aliphatic heterocycles. The Morgan fingerprint density at radius 3 is 2.52 bits per heavy atom. The number of anilines is 2. The van der Waals surface area contributed by atoms with Gasteiger partial charge in [-0.05, 0) is 24.6 Å². The maximum Gasteiger partial charge on any atom is 0.413 e. The smallest absolute Gasteiger partial charge is 0.413 e. The lowest BCUT2D eigenvalue weighted by Gasteiger charge is -2.14. The molecule has 0 fully saturated rings. The first-order chi connectivity index (χ1) is 13.7. The first-order valence-electron chi connectivity index (χ1n) is 8.59. The van der Waals surface area contributed by atoms with Gasteiger partial charge in [-0.1, -0.05) is 35.5 Å². The number of ether oxygens (including phenoxy) is 1. The molecule has 0 saturated carbocycles. The Balaban J connectivity index is 1.75. The lowest BCUT2D eigenvalue weighted by Crippen LogP contribution is -2.18. The number of hydrogen-bond acceptors (Lipinski definition) is 7. The highest BCUT2D eigenvalue weighted by atomic mass is 32.2. The number of rotatable bonds is 6. The number of nitrogens with one attached hydrogen (secondary N) is 2. The van der Waals surface area contributed by atoms with E-state index in [9.17, 15) is 13.2 Å². The molecular formula is C18H20N6O4S. The van der Waals surface area contributed by atoms with Gasteiger partial charge in [-0.2, -0.15) is 0 Å². The van der Waals surface area contributed by atoms with Gasteiger partial charge in [0, 0.05) is 7.05 Å². The van der Waals surface area contributed by atoms with Crippen LogP contribution in [0.5, 0.6) is 0 Å². The molecule has 29 heavy (non-hydrogen) atoms. The second kappa shape index (κ2) is 8.27. The molecule has 0 radical (unpaired) electrons. The van der Waals surface area contributed by atoms with Gasteiger partial charge >= 0.3 is 6.09 Å². The van der Waals surface area contributed by atoms with Crippen LogP contribution in [0.2, 0.25) is 0 Å². The van der Waals surface area contributed by atoms with Crippen molar-refractivity contribution in [2.24, 2.45) is 7.05 Å². The quantitative estimate of drug-likeness (QED) is 0.632. The van der Waals surface area contributed by atoms with Crippen molar-refractivity contribution in [3.05, 3.63) is 54.2 Å². The highest BCUT2D eigenvalue weighted by molar-refractivity contribution is 7.92. The molecule has 1 aromatic carbocycles. The summed E-state index contributed by atoms with van der Waals surface area (Å²) < 4.78 is 31.7. The van der Waals surface area contributed by atoms with Crippen molar-refractivity contribution in [2.75, 3.05) is 16.3 Å². The van der Waals surface area contributed by atoms with E-state index in [2.05, 4.69) is 25.3 Å². The summed E-state index contributed by atoms with van der Waals surface area (Å²) in [4.78, 5) is 16.5. The van der Waals surface area contributed by atoms with E-state index in [0.717, 1.165) is 11.8 Å². The highest BCUT2D eigenvalue weighted by Crippen LogP contribution is 2.25. The maximum absolute atomic E-state index is 12.3. The average Bonchev–Trinajstić information content (AvgIpc) is 3.02. The summed E-state index contributed by atoms with van der Waals surface area (Å²) in [6.07, 6.45) is 1.29. The summed E-state index contributed by atoms with van der Waals surface area (Å²) in [5.74, 6) is 0.298. The zero-order chi connectivity index (χ0) is 21.0. The van der Waals surface area contributed by atoms with Crippen molar-refractivity contribution in [2.45, 2.75) is 13.0 Å². The number of aromatic nitrogens is 4.